The van der Waals surface area contributed by atoms with E-state index in [1.807, 2.05) is 11.8 Å². The number of rotatable bonds is 4. The first-order chi connectivity index (χ1) is 14.9. The fourth-order valence-corrected chi connectivity index (χ4v) is 3.84. The summed E-state index contributed by atoms with van der Waals surface area (Å²) in [6.07, 6.45) is 1.44. The first-order valence-electron chi connectivity index (χ1n) is 9.98. The van der Waals surface area contributed by atoms with Gasteiger partial charge in [-0.25, -0.2) is 14.4 Å². The zero-order valence-corrected chi connectivity index (χ0v) is 18.0. The molecule has 0 unspecified atom stereocenters. The third-order valence-electron chi connectivity index (χ3n) is 5.26. The molecule has 6 nitrogen and oxygen atoms in total. The molecule has 1 aliphatic heterocycles. The number of amides is 1. The molecular formula is C23H22ClFN4O2. The van der Waals surface area contributed by atoms with Crippen molar-refractivity contribution < 1.29 is 13.9 Å². The highest BCUT2D eigenvalue weighted by Crippen LogP contribution is 2.27. The van der Waals surface area contributed by atoms with Gasteiger partial charge >= 0.3 is 0 Å². The molecule has 0 spiro atoms. The Hall–Kier alpha value is -3.19. The van der Waals surface area contributed by atoms with Gasteiger partial charge in [0, 0.05) is 42.3 Å². The molecule has 2 heterocycles. The molecule has 1 amide bonds. The Morgan fingerprint density at radius 1 is 1.16 bits per heavy atom. The van der Waals surface area contributed by atoms with Crippen LogP contribution in [0.1, 0.15) is 22.8 Å². The second-order valence-electron chi connectivity index (χ2n) is 7.53. The number of hydrogen-bond acceptors (Lipinski definition) is 5. The average Bonchev–Trinajstić information content (AvgIpc) is 2.75. The van der Waals surface area contributed by atoms with Crippen LogP contribution in [0.4, 0.5) is 10.2 Å². The molecule has 1 aliphatic rings. The number of carbonyl (C=O) groups excluding carboxylic acids is 1. The summed E-state index contributed by atoms with van der Waals surface area (Å²) in [5.74, 6) is 1.29. The lowest BCUT2D eigenvalue weighted by Gasteiger charge is -2.40. The molecule has 2 aromatic carbocycles. The Balaban J connectivity index is 1.45. The molecule has 0 radical (unpaired) electrons. The summed E-state index contributed by atoms with van der Waals surface area (Å²) < 4.78 is 19.2. The van der Waals surface area contributed by atoms with Crippen molar-refractivity contribution in [3.8, 4) is 11.6 Å². The van der Waals surface area contributed by atoms with Crippen LogP contribution in [0.3, 0.4) is 0 Å². The van der Waals surface area contributed by atoms with Gasteiger partial charge in [0.05, 0.1) is 0 Å². The number of carbonyl (C=O) groups is 1. The number of ether oxygens (including phenoxy) is 1. The van der Waals surface area contributed by atoms with Crippen LogP contribution in [0, 0.1) is 12.7 Å². The van der Waals surface area contributed by atoms with Crippen LogP contribution in [0.2, 0.25) is 5.02 Å². The fourth-order valence-electron chi connectivity index (χ4n) is 3.65. The van der Waals surface area contributed by atoms with Gasteiger partial charge in [-0.3, -0.25) is 4.79 Å². The van der Waals surface area contributed by atoms with Crippen molar-refractivity contribution in [1.29, 1.82) is 0 Å². The van der Waals surface area contributed by atoms with Crippen molar-refractivity contribution in [3.05, 3.63) is 76.8 Å². The number of aryl methyl sites for hydroxylation is 1. The summed E-state index contributed by atoms with van der Waals surface area (Å²) in [5, 5.41) is 0.544. The van der Waals surface area contributed by atoms with Crippen molar-refractivity contribution in [2.45, 2.75) is 19.9 Å². The Morgan fingerprint density at radius 2 is 2.00 bits per heavy atom. The third kappa shape index (κ3) is 4.77. The lowest BCUT2D eigenvalue weighted by atomic mass is 10.1. The number of nitrogens with zero attached hydrogens (tertiary/aromatic N) is 4. The number of aromatic nitrogens is 2. The molecule has 1 atom stereocenters. The Morgan fingerprint density at radius 3 is 2.74 bits per heavy atom. The predicted molar refractivity (Wildman–Crippen MR) is 117 cm³/mol. The van der Waals surface area contributed by atoms with Crippen molar-refractivity contribution in [1.82, 2.24) is 14.9 Å². The summed E-state index contributed by atoms with van der Waals surface area (Å²) in [6, 6.07) is 13.1. The van der Waals surface area contributed by atoms with E-state index in [-0.39, 0.29) is 17.8 Å². The van der Waals surface area contributed by atoms with E-state index in [9.17, 15) is 9.18 Å². The second-order valence-corrected chi connectivity index (χ2v) is 7.97. The van der Waals surface area contributed by atoms with E-state index in [0.717, 1.165) is 0 Å². The second kappa shape index (κ2) is 8.89. The van der Waals surface area contributed by atoms with Crippen LogP contribution in [0.5, 0.6) is 11.6 Å². The fraction of sp³-hybridized carbons (Fsp3) is 0.261. The molecule has 0 saturated carbocycles. The largest absolute Gasteiger partial charge is 0.439 e. The zero-order valence-electron chi connectivity index (χ0n) is 17.3. The summed E-state index contributed by atoms with van der Waals surface area (Å²) in [4.78, 5) is 25.4. The van der Waals surface area contributed by atoms with Crippen LogP contribution in [-0.4, -0.2) is 46.5 Å². The normalized spacial score (nSPS) is 16.3. The van der Waals surface area contributed by atoms with Crippen molar-refractivity contribution in [2.24, 2.45) is 0 Å². The molecule has 0 aliphatic carbocycles. The quantitative estimate of drug-likeness (QED) is 0.587. The number of benzene rings is 2. The number of hydrogen-bond donors (Lipinski definition) is 0. The molecule has 4 rings (SSSR count). The maximum atomic E-state index is 13.3. The lowest BCUT2D eigenvalue weighted by Crippen LogP contribution is -2.54. The smallest absolute Gasteiger partial charge is 0.254 e. The van der Waals surface area contributed by atoms with Crippen molar-refractivity contribution in [2.75, 3.05) is 24.5 Å². The number of anilines is 1. The van der Waals surface area contributed by atoms with Crippen LogP contribution in [0.15, 0.2) is 54.9 Å². The topological polar surface area (TPSA) is 58.6 Å². The van der Waals surface area contributed by atoms with Crippen LogP contribution >= 0.6 is 11.6 Å². The highest BCUT2D eigenvalue weighted by Gasteiger charge is 2.29. The summed E-state index contributed by atoms with van der Waals surface area (Å²) in [7, 11) is 0. The molecule has 31 heavy (non-hydrogen) atoms. The molecule has 0 bridgehead atoms. The van der Waals surface area contributed by atoms with Crippen LogP contribution in [0.25, 0.3) is 0 Å². The first kappa shape index (κ1) is 21.1. The van der Waals surface area contributed by atoms with E-state index in [0.29, 0.717) is 53.2 Å². The average molecular weight is 441 g/mol. The molecule has 1 fully saturated rings. The van der Waals surface area contributed by atoms with Gasteiger partial charge in [0.25, 0.3) is 5.91 Å². The van der Waals surface area contributed by atoms with Gasteiger partial charge in [0.15, 0.2) is 0 Å². The van der Waals surface area contributed by atoms with Gasteiger partial charge in [0.2, 0.25) is 5.88 Å². The monoisotopic (exact) mass is 440 g/mol. The Bertz CT molecular complexity index is 1110. The zero-order chi connectivity index (χ0) is 22.0. The maximum absolute atomic E-state index is 13.3. The van der Waals surface area contributed by atoms with Gasteiger partial charge in [-0.1, -0.05) is 17.7 Å². The van der Waals surface area contributed by atoms with Gasteiger partial charge in [-0.2, -0.15) is 0 Å². The molecule has 0 N–H and O–H groups in total. The van der Waals surface area contributed by atoms with Gasteiger partial charge in [-0.05, 0) is 55.8 Å². The van der Waals surface area contributed by atoms with Crippen LogP contribution in [-0.2, 0) is 0 Å². The van der Waals surface area contributed by atoms with Crippen molar-refractivity contribution >= 4 is 23.3 Å². The van der Waals surface area contributed by atoms with Crippen molar-refractivity contribution in [3.63, 3.8) is 0 Å². The molecule has 1 saturated heterocycles. The standard InChI is InChI=1S/C23H22ClFN4O2/c1-15-10-19(25)6-7-20(15)31-22-12-21(26-14-27-22)28-8-9-29(16(2)13-28)23(30)17-4-3-5-18(24)11-17/h3-7,10-12,14,16H,8-9,13H2,1-2H3/t16-/m1/s1. The highest BCUT2D eigenvalue weighted by molar-refractivity contribution is 6.30. The maximum Gasteiger partial charge on any atom is 0.254 e. The van der Waals surface area contributed by atoms with Gasteiger partial charge < -0.3 is 14.5 Å². The summed E-state index contributed by atoms with van der Waals surface area (Å²) in [6.45, 7) is 5.60. The first-order valence-corrected chi connectivity index (χ1v) is 10.4. The minimum Gasteiger partial charge on any atom is -0.439 e. The van der Waals surface area contributed by atoms with Crippen LogP contribution < -0.4 is 9.64 Å². The third-order valence-corrected chi connectivity index (χ3v) is 5.50. The Labute approximate surface area is 185 Å². The molecule has 3 aromatic rings. The van der Waals surface area contributed by atoms with Gasteiger partial charge in [0.1, 0.15) is 23.7 Å². The molecular weight excluding hydrogens is 419 g/mol. The Kier molecular flexibility index (Phi) is 6.04. The number of halogens is 2. The van der Waals surface area contributed by atoms with E-state index in [2.05, 4.69) is 14.9 Å². The van der Waals surface area contributed by atoms with E-state index < -0.39 is 0 Å². The lowest BCUT2D eigenvalue weighted by molar-refractivity contribution is 0.0673. The minimum absolute atomic E-state index is 0.0149. The number of piperazine rings is 1. The SMILES string of the molecule is Cc1cc(F)ccc1Oc1cc(N2CCN(C(=O)c3cccc(Cl)c3)[C@H](C)C2)ncn1. The highest BCUT2D eigenvalue weighted by atomic mass is 35.5. The predicted octanol–water partition coefficient (Wildman–Crippen LogP) is 4.72. The molecule has 160 valence electrons. The summed E-state index contributed by atoms with van der Waals surface area (Å²) >= 11 is 6.03. The minimum atomic E-state index is -0.313. The van der Waals surface area contributed by atoms with E-state index in [1.165, 1.54) is 18.5 Å². The summed E-state index contributed by atoms with van der Waals surface area (Å²) in [5.41, 5.74) is 1.27. The van der Waals surface area contributed by atoms with E-state index in [1.54, 1.807) is 43.3 Å². The van der Waals surface area contributed by atoms with E-state index in [4.69, 9.17) is 16.3 Å². The van der Waals surface area contributed by atoms with Gasteiger partial charge in [-0.15, -0.1) is 0 Å². The van der Waals surface area contributed by atoms with E-state index >= 15 is 0 Å². The molecule has 1 aromatic heterocycles. The molecule has 8 heteroatoms.